The summed E-state index contributed by atoms with van der Waals surface area (Å²) in [6.07, 6.45) is 1.00. The highest BCUT2D eigenvalue weighted by atomic mass is 32.2. The molecule has 27 heavy (non-hydrogen) atoms. The van der Waals surface area contributed by atoms with Gasteiger partial charge in [0.15, 0.2) is 0 Å². The van der Waals surface area contributed by atoms with Gasteiger partial charge in [0.25, 0.3) is 5.91 Å². The molecular weight excluding hydrogens is 362 g/mol. The molecule has 144 valence electrons. The van der Waals surface area contributed by atoms with Crippen molar-refractivity contribution in [3.05, 3.63) is 70.8 Å². The zero-order valence-corrected chi connectivity index (χ0v) is 16.2. The van der Waals surface area contributed by atoms with Crippen LogP contribution in [0.2, 0.25) is 0 Å². The minimum absolute atomic E-state index is 0.0474. The minimum atomic E-state index is -3.23. The summed E-state index contributed by atoms with van der Waals surface area (Å²) in [6.45, 7) is 3.24. The lowest BCUT2D eigenvalue weighted by Crippen LogP contribution is -2.38. The Labute approximate surface area is 160 Å². The molecule has 0 saturated heterocycles. The SMILES string of the molecule is CCS(=O)(=O)NCc1ccc(C(=O)NCC2NCCc3ccccc32)cc1. The molecule has 0 fully saturated rings. The van der Waals surface area contributed by atoms with Crippen LogP contribution in [0.3, 0.4) is 0 Å². The number of fused-ring (bicyclic) bond motifs is 1. The molecule has 6 nitrogen and oxygen atoms in total. The Bertz CT molecular complexity index is 895. The average Bonchev–Trinajstić information content (AvgIpc) is 2.71. The fourth-order valence-corrected chi connectivity index (χ4v) is 3.73. The second kappa shape index (κ2) is 8.65. The Morgan fingerprint density at radius 1 is 1.15 bits per heavy atom. The average molecular weight is 388 g/mol. The molecule has 1 unspecified atom stereocenters. The maximum atomic E-state index is 12.4. The number of benzene rings is 2. The molecule has 0 bridgehead atoms. The van der Waals surface area contributed by atoms with Gasteiger partial charge in [0.05, 0.1) is 5.75 Å². The summed E-state index contributed by atoms with van der Waals surface area (Å²) in [4.78, 5) is 12.4. The van der Waals surface area contributed by atoms with Gasteiger partial charge < -0.3 is 10.6 Å². The smallest absolute Gasteiger partial charge is 0.251 e. The van der Waals surface area contributed by atoms with Gasteiger partial charge >= 0.3 is 0 Å². The Balaban J connectivity index is 1.56. The summed E-state index contributed by atoms with van der Waals surface area (Å²) in [5.41, 5.74) is 3.93. The lowest BCUT2D eigenvalue weighted by molar-refractivity contribution is 0.0949. The van der Waals surface area contributed by atoms with Crippen LogP contribution in [0.25, 0.3) is 0 Å². The van der Waals surface area contributed by atoms with E-state index in [1.165, 1.54) is 11.1 Å². The lowest BCUT2D eigenvalue weighted by atomic mass is 9.94. The number of sulfonamides is 1. The van der Waals surface area contributed by atoms with Crippen molar-refractivity contribution in [1.29, 1.82) is 0 Å². The van der Waals surface area contributed by atoms with Crippen molar-refractivity contribution in [3.8, 4) is 0 Å². The second-order valence-electron chi connectivity index (χ2n) is 6.59. The maximum Gasteiger partial charge on any atom is 0.251 e. The highest BCUT2D eigenvalue weighted by Gasteiger charge is 2.19. The van der Waals surface area contributed by atoms with Crippen LogP contribution in [-0.2, 0) is 23.0 Å². The minimum Gasteiger partial charge on any atom is -0.350 e. The van der Waals surface area contributed by atoms with Crippen molar-refractivity contribution >= 4 is 15.9 Å². The zero-order valence-electron chi connectivity index (χ0n) is 15.4. The molecule has 0 spiro atoms. The third kappa shape index (κ3) is 5.15. The third-order valence-electron chi connectivity index (χ3n) is 4.77. The molecule has 2 aromatic carbocycles. The van der Waals surface area contributed by atoms with Crippen molar-refractivity contribution in [3.63, 3.8) is 0 Å². The molecule has 1 atom stereocenters. The number of carbonyl (C=O) groups is 1. The first-order chi connectivity index (χ1) is 13.0. The van der Waals surface area contributed by atoms with Gasteiger partial charge in [0.2, 0.25) is 10.0 Å². The van der Waals surface area contributed by atoms with Crippen LogP contribution in [0.15, 0.2) is 48.5 Å². The van der Waals surface area contributed by atoms with Crippen LogP contribution in [0.5, 0.6) is 0 Å². The monoisotopic (exact) mass is 387 g/mol. The molecule has 1 amide bonds. The van der Waals surface area contributed by atoms with Gasteiger partial charge in [-0.05, 0) is 48.7 Å². The number of hydrogen-bond donors (Lipinski definition) is 3. The van der Waals surface area contributed by atoms with E-state index >= 15 is 0 Å². The largest absolute Gasteiger partial charge is 0.350 e. The zero-order chi connectivity index (χ0) is 19.3. The summed E-state index contributed by atoms with van der Waals surface area (Å²) >= 11 is 0. The normalized spacial score (nSPS) is 16.6. The van der Waals surface area contributed by atoms with E-state index in [-0.39, 0.29) is 24.2 Å². The first-order valence-corrected chi connectivity index (χ1v) is 10.8. The maximum absolute atomic E-state index is 12.4. The van der Waals surface area contributed by atoms with E-state index < -0.39 is 10.0 Å². The van der Waals surface area contributed by atoms with Gasteiger partial charge in [-0.1, -0.05) is 36.4 Å². The Morgan fingerprint density at radius 3 is 2.63 bits per heavy atom. The topological polar surface area (TPSA) is 87.3 Å². The van der Waals surface area contributed by atoms with E-state index in [0.29, 0.717) is 12.1 Å². The number of hydrogen-bond acceptors (Lipinski definition) is 4. The molecule has 3 N–H and O–H groups in total. The molecule has 1 aliphatic heterocycles. The number of nitrogens with one attached hydrogen (secondary N) is 3. The molecule has 0 radical (unpaired) electrons. The Hall–Kier alpha value is -2.22. The molecule has 0 aliphatic carbocycles. The van der Waals surface area contributed by atoms with Crippen LogP contribution < -0.4 is 15.4 Å². The van der Waals surface area contributed by atoms with Crippen molar-refractivity contribution in [2.45, 2.75) is 25.9 Å². The molecule has 0 aromatic heterocycles. The Morgan fingerprint density at radius 2 is 1.89 bits per heavy atom. The molecule has 2 aromatic rings. The standard InChI is InChI=1S/C20H25N3O3S/c1-2-27(25,26)23-13-15-7-9-17(10-8-15)20(24)22-14-19-18-6-4-3-5-16(18)11-12-21-19/h3-10,19,21,23H,2,11-14H2,1H3,(H,22,24). The van der Waals surface area contributed by atoms with Crippen molar-refractivity contribution in [2.75, 3.05) is 18.8 Å². The molecule has 1 heterocycles. The Kier molecular flexibility index (Phi) is 6.26. The molecule has 3 rings (SSSR count). The van der Waals surface area contributed by atoms with Gasteiger partial charge in [-0.3, -0.25) is 4.79 Å². The van der Waals surface area contributed by atoms with Gasteiger partial charge in [0, 0.05) is 24.7 Å². The summed E-state index contributed by atoms with van der Waals surface area (Å²) in [6, 6.07) is 15.4. The van der Waals surface area contributed by atoms with Crippen molar-refractivity contribution < 1.29 is 13.2 Å². The number of amides is 1. The van der Waals surface area contributed by atoms with E-state index in [4.69, 9.17) is 0 Å². The predicted octanol–water partition coefficient (Wildman–Crippen LogP) is 1.74. The van der Waals surface area contributed by atoms with Crippen molar-refractivity contribution in [1.82, 2.24) is 15.4 Å². The third-order valence-corrected chi connectivity index (χ3v) is 6.12. The van der Waals surface area contributed by atoms with Crippen LogP contribution in [0, 0.1) is 0 Å². The number of carbonyl (C=O) groups excluding carboxylic acids is 1. The van der Waals surface area contributed by atoms with Crippen LogP contribution in [-0.4, -0.2) is 33.2 Å². The van der Waals surface area contributed by atoms with E-state index in [1.54, 1.807) is 31.2 Å². The van der Waals surface area contributed by atoms with Gasteiger partial charge in [-0.15, -0.1) is 0 Å². The summed E-state index contributed by atoms with van der Waals surface area (Å²) in [5.74, 6) is -0.0909. The summed E-state index contributed by atoms with van der Waals surface area (Å²) < 4.78 is 25.5. The van der Waals surface area contributed by atoms with E-state index in [2.05, 4.69) is 27.5 Å². The first-order valence-electron chi connectivity index (χ1n) is 9.14. The van der Waals surface area contributed by atoms with Crippen molar-refractivity contribution in [2.24, 2.45) is 0 Å². The number of rotatable bonds is 7. The predicted molar refractivity (Wildman–Crippen MR) is 106 cm³/mol. The van der Waals surface area contributed by atoms with E-state index in [1.807, 2.05) is 12.1 Å². The summed E-state index contributed by atoms with van der Waals surface area (Å²) in [7, 11) is -3.23. The fourth-order valence-electron chi connectivity index (χ4n) is 3.14. The van der Waals surface area contributed by atoms with Crippen LogP contribution in [0.1, 0.15) is 40.0 Å². The van der Waals surface area contributed by atoms with Crippen LogP contribution in [0.4, 0.5) is 0 Å². The van der Waals surface area contributed by atoms with Gasteiger partial charge in [-0.25, -0.2) is 13.1 Å². The summed E-state index contributed by atoms with van der Waals surface area (Å²) in [5, 5.41) is 6.43. The van der Waals surface area contributed by atoms with E-state index in [9.17, 15) is 13.2 Å². The van der Waals surface area contributed by atoms with Crippen LogP contribution >= 0.6 is 0 Å². The fraction of sp³-hybridized carbons (Fsp3) is 0.350. The lowest BCUT2D eigenvalue weighted by Gasteiger charge is -2.27. The molecule has 1 aliphatic rings. The highest BCUT2D eigenvalue weighted by Crippen LogP contribution is 2.21. The molecule has 0 saturated carbocycles. The molecular formula is C20H25N3O3S. The first kappa shape index (κ1) is 19.5. The van der Waals surface area contributed by atoms with Gasteiger partial charge in [0.1, 0.15) is 0 Å². The molecule has 7 heteroatoms. The highest BCUT2D eigenvalue weighted by molar-refractivity contribution is 7.89. The van der Waals surface area contributed by atoms with E-state index in [0.717, 1.165) is 18.5 Å². The van der Waals surface area contributed by atoms with Gasteiger partial charge in [-0.2, -0.15) is 0 Å². The second-order valence-corrected chi connectivity index (χ2v) is 8.68. The quantitative estimate of drug-likeness (QED) is 0.675.